The lowest BCUT2D eigenvalue weighted by Gasteiger charge is -2.36. The molecular weight excluding hydrogens is 374 g/mol. The van der Waals surface area contributed by atoms with Crippen LogP contribution in [0.25, 0.3) is 0 Å². The van der Waals surface area contributed by atoms with Gasteiger partial charge in [0, 0.05) is 58.4 Å². The molecule has 0 spiro atoms. The number of aliphatic imine (C=N–C) groups is 1. The van der Waals surface area contributed by atoms with Gasteiger partial charge in [0.25, 0.3) is 0 Å². The van der Waals surface area contributed by atoms with Crippen molar-refractivity contribution in [2.75, 3.05) is 33.2 Å². The molecular formula is C24H41N5O. The average Bonchev–Trinajstić information content (AvgIpc) is 2.71. The third kappa shape index (κ3) is 6.69. The molecule has 1 aromatic carbocycles. The molecule has 0 aromatic heterocycles. The summed E-state index contributed by atoms with van der Waals surface area (Å²) in [4.78, 5) is 9.53. The zero-order chi connectivity index (χ0) is 21.5. The number of nitrogens with one attached hydrogen (secondary N) is 2. The monoisotopic (exact) mass is 415 g/mol. The van der Waals surface area contributed by atoms with Gasteiger partial charge in [-0.15, -0.1) is 0 Å². The fraction of sp³-hybridized carbons (Fsp3) is 0.708. The Morgan fingerprint density at radius 3 is 2.33 bits per heavy atom. The quantitative estimate of drug-likeness (QED) is 0.553. The number of nitrogens with zero attached hydrogens (tertiary/aromatic N) is 3. The van der Waals surface area contributed by atoms with Gasteiger partial charge in [-0.1, -0.05) is 24.3 Å². The van der Waals surface area contributed by atoms with E-state index in [4.69, 9.17) is 4.74 Å². The summed E-state index contributed by atoms with van der Waals surface area (Å²) in [6.45, 7) is 14.9. The first-order chi connectivity index (χ1) is 14.4. The van der Waals surface area contributed by atoms with E-state index < -0.39 is 0 Å². The van der Waals surface area contributed by atoms with Crippen LogP contribution < -0.4 is 10.6 Å². The van der Waals surface area contributed by atoms with Crippen molar-refractivity contribution in [2.45, 2.75) is 77.9 Å². The largest absolute Gasteiger partial charge is 0.373 e. The van der Waals surface area contributed by atoms with Crippen molar-refractivity contribution in [3.8, 4) is 0 Å². The highest BCUT2D eigenvalue weighted by Gasteiger charge is 2.23. The van der Waals surface area contributed by atoms with Crippen LogP contribution in [-0.2, 0) is 17.8 Å². The van der Waals surface area contributed by atoms with Crippen molar-refractivity contribution < 1.29 is 4.74 Å². The number of morpholine rings is 1. The van der Waals surface area contributed by atoms with Crippen LogP contribution in [0.4, 0.5) is 0 Å². The Morgan fingerprint density at radius 2 is 1.73 bits per heavy atom. The lowest BCUT2D eigenvalue weighted by atomic mass is 10.0. The zero-order valence-corrected chi connectivity index (χ0v) is 19.5. The summed E-state index contributed by atoms with van der Waals surface area (Å²) in [5.41, 5.74) is 2.72. The van der Waals surface area contributed by atoms with Gasteiger partial charge in [-0.05, 0) is 51.7 Å². The highest BCUT2D eigenvalue weighted by molar-refractivity contribution is 5.80. The lowest BCUT2D eigenvalue weighted by Crippen LogP contribution is -2.49. The van der Waals surface area contributed by atoms with Crippen LogP contribution >= 0.6 is 0 Å². The number of likely N-dealkylation sites (tertiary alicyclic amines) is 1. The number of hydrogen-bond acceptors (Lipinski definition) is 4. The van der Waals surface area contributed by atoms with E-state index >= 15 is 0 Å². The molecule has 0 amide bonds. The molecule has 0 radical (unpaired) electrons. The Labute approximate surface area is 183 Å². The standard InChI is InChI=1S/C24H41N5O/c1-18(2)29-12-10-23(11-13-29)27-24(25-5)26-14-21-8-6-7-9-22(21)17-28-15-19(3)30-20(4)16-28/h6-9,18-20,23H,10-17H2,1-5H3,(H2,25,26,27). The Morgan fingerprint density at radius 1 is 1.10 bits per heavy atom. The van der Waals surface area contributed by atoms with E-state index in [1.807, 2.05) is 7.05 Å². The van der Waals surface area contributed by atoms with E-state index in [1.54, 1.807) is 0 Å². The van der Waals surface area contributed by atoms with Crippen molar-refractivity contribution in [3.05, 3.63) is 35.4 Å². The van der Waals surface area contributed by atoms with Gasteiger partial charge in [-0.3, -0.25) is 9.89 Å². The SMILES string of the molecule is CN=C(NCc1ccccc1CN1CC(C)OC(C)C1)NC1CCN(C(C)C)CC1. The normalized spacial score (nSPS) is 24.9. The Balaban J connectivity index is 1.52. The Hall–Kier alpha value is -1.63. The maximum absolute atomic E-state index is 5.89. The van der Waals surface area contributed by atoms with E-state index in [9.17, 15) is 0 Å². The molecule has 2 atom stereocenters. The van der Waals surface area contributed by atoms with Gasteiger partial charge in [0.1, 0.15) is 0 Å². The van der Waals surface area contributed by atoms with Crippen molar-refractivity contribution >= 4 is 5.96 Å². The van der Waals surface area contributed by atoms with E-state index in [0.29, 0.717) is 24.3 Å². The van der Waals surface area contributed by atoms with Gasteiger partial charge in [-0.25, -0.2) is 0 Å². The fourth-order valence-corrected chi connectivity index (χ4v) is 4.67. The summed E-state index contributed by atoms with van der Waals surface area (Å²) in [7, 11) is 1.86. The van der Waals surface area contributed by atoms with Gasteiger partial charge >= 0.3 is 0 Å². The van der Waals surface area contributed by atoms with Crippen molar-refractivity contribution in [2.24, 2.45) is 4.99 Å². The lowest BCUT2D eigenvalue weighted by molar-refractivity contribution is -0.0705. The number of ether oxygens (including phenoxy) is 1. The van der Waals surface area contributed by atoms with E-state index in [0.717, 1.165) is 45.2 Å². The molecule has 2 fully saturated rings. The summed E-state index contributed by atoms with van der Waals surface area (Å²) in [6.07, 6.45) is 2.93. The summed E-state index contributed by atoms with van der Waals surface area (Å²) in [5.74, 6) is 0.904. The summed E-state index contributed by atoms with van der Waals surface area (Å²) in [5, 5.41) is 7.18. The van der Waals surface area contributed by atoms with Gasteiger partial charge < -0.3 is 20.3 Å². The third-order valence-electron chi connectivity index (χ3n) is 6.28. The molecule has 2 saturated heterocycles. The number of guanidine groups is 1. The molecule has 6 heteroatoms. The van der Waals surface area contributed by atoms with Crippen LogP contribution in [0.1, 0.15) is 51.7 Å². The molecule has 2 N–H and O–H groups in total. The zero-order valence-electron chi connectivity index (χ0n) is 19.5. The Bertz CT molecular complexity index is 674. The van der Waals surface area contributed by atoms with E-state index in [-0.39, 0.29) is 0 Å². The predicted octanol–water partition coefficient (Wildman–Crippen LogP) is 2.83. The maximum atomic E-state index is 5.89. The van der Waals surface area contributed by atoms with Crippen LogP contribution in [0.2, 0.25) is 0 Å². The topological polar surface area (TPSA) is 52.1 Å². The van der Waals surface area contributed by atoms with Crippen molar-refractivity contribution in [1.29, 1.82) is 0 Å². The minimum atomic E-state index is 0.296. The first kappa shape index (κ1) is 23.0. The third-order valence-corrected chi connectivity index (χ3v) is 6.28. The second-order valence-electron chi connectivity index (χ2n) is 9.19. The molecule has 0 saturated carbocycles. The number of hydrogen-bond donors (Lipinski definition) is 2. The molecule has 3 rings (SSSR count). The van der Waals surface area contributed by atoms with Crippen LogP contribution in [0.5, 0.6) is 0 Å². The molecule has 0 bridgehead atoms. The second kappa shape index (κ2) is 11.1. The molecule has 0 aliphatic carbocycles. The van der Waals surface area contributed by atoms with Crippen molar-refractivity contribution in [3.63, 3.8) is 0 Å². The predicted molar refractivity (Wildman–Crippen MR) is 125 cm³/mol. The Kier molecular flexibility index (Phi) is 8.54. The minimum absolute atomic E-state index is 0.296. The average molecular weight is 416 g/mol. The fourth-order valence-electron chi connectivity index (χ4n) is 4.67. The number of rotatable bonds is 6. The highest BCUT2D eigenvalue weighted by atomic mass is 16.5. The van der Waals surface area contributed by atoms with Crippen LogP contribution in [0.3, 0.4) is 0 Å². The number of piperidine rings is 1. The molecule has 168 valence electrons. The second-order valence-corrected chi connectivity index (χ2v) is 9.19. The van der Waals surface area contributed by atoms with Gasteiger partial charge in [-0.2, -0.15) is 0 Å². The minimum Gasteiger partial charge on any atom is -0.373 e. The van der Waals surface area contributed by atoms with Crippen molar-refractivity contribution in [1.82, 2.24) is 20.4 Å². The molecule has 2 heterocycles. The van der Waals surface area contributed by atoms with Crippen LogP contribution in [0, 0.1) is 0 Å². The highest BCUT2D eigenvalue weighted by Crippen LogP contribution is 2.17. The molecule has 30 heavy (non-hydrogen) atoms. The smallest absolute Gasteiger partial charge is 0.191 e. The summed E-state index contributed by atoms with van der Waals surface area (Å²) in [6, 6.07) is 9.88. The summed E-state index contributed by atoms with van der Waals surface area (Å²) < 4.78 is 5.89. The molecule has 2 aliphatic rings. The molecule has 2 unspecified atom stereocenters. The van der Waals surface area contributed by atoms with E-state index in [2.05, 4.69) is 77.4 Å². The van der Waals surface area contributed by atoms with Gasteiger partial charge in [0.2, 0.25) is 0 Å². The molecule has 1 aromatic rings. The molecule has 2 aliphatic heterocycles. The van der Waals surface area contributed by atoms with E-state index in [1.165, 1.54) is 24.0 Å². The van der Waals surface area contributed by atoms with Gasteiger partial charge in [0.05, 0.1) is 12.2 Å². The first-order valence-electron chi connectivity index (χ1n) is 11.6. The maximum Gasteiger partial charge on any atom is 0.191 e. The van der Waals surface area contributed by atoms with Crippen LogP contribution in [-0.4, -0.2) is 73.3 Å². The summed E-state index contributed by atoms with van der Waals surface area (Å²) >= 11 is 0. The van der Waals surface area contributed by atoms with Gasteiger partial charge in [0.15, 0.2) is 5.96 Å². The number of benzene rings is 1. The van der Waals surface area contributed by atoms with Crippen LogP contribution in [0.15, 0.2) is 29.3 Å². The molecule has 6 nitrogen and oxygen atoms in total. The first-order valence-corrected chi connectivity index (χ1v) is 11.6.